The van der Waals surface area contributed by atoms with Gasteiger partial charge in [0.05, 0.1) is 16.2 Å². The number of allylic oxidation sites excluding steroid dienone is 4. The molecule has 190 valence electrons. The van der Waals surface area contributed by atoms with Crippen LogP contribution in [0.2, 0.25) is 0 Å². The Morgan fingerprint density at radius 1 is 1.00 bits per heavy atom. The predicted octanol–water partition coefficient (Wildman–Crippen LogP) is 7.06. The maximum atomic E-state index is 10.3. The topological polar surface area (TPSA) is 35.5 Å². The molecular formula is C30H40Cl2N2O. The van der Waals surface area contributed by atoms with E-state index in [1.807, 2.05) is 44.2 Å². The first kappa shape index (κ1) is 29.4. The van der Waals surface area contributed by atoms with Gasteiger partial charge in [-0.1, -0.05) is 91.7 Å². The lowest BCUT2D eigenvalue weighted by Gasteiger charge is -2.33. The van der Waals surface area contributed by atoms with Crippen LogP contribution in [0.4, 0.5) is 0 Å². The predicted molar refractivity (Wildman–Crippen MR) is 150 cm³/mol. The van der Waals surface area contributed by atoms with E-state index in [1.54, 1.807) is 0 Å². The van der Waals surface area contributed by atoms with E-state index in [9.17, 15) is 5.11 Å². The maximum Gasteiger partial charge on any atom is 0.0679 e. The summed E-state index contributed by atoms with van der Waals surface area (Å²) in [6.07, 6.45) is 8.84. The van der Waals surface area contributed by atoms with Crippen LogP contribution in [0.15, 0.2) is 70.7 Å². The van der Waals surface area contributed by atoms with Crippen molar-refractivity contribution in [2.24, 2.45) is 0 Å². The Kier molecular flexibility index (Phi) is 14.8. The Hall–Kier alpha value is -1.80. The Bertz CT molecular complexity index is 844. The average molecular weight is 516 g/mol. The molecule has 4 rings (SSSR count). The number of aliphatic hydroxyl groups is 1. The summed E-state index contributed by atoms with van der Waals surface area (Å²) in [7, 11) is 0. The van der Waals surface area contributed by atoms with Crippen molar-refractivity contribution in [3.63, 3.8) is 0 Å². The van der Waals surface area contributed by atoms with Gasteiger partial charge >= 0.3 is 0 Å². The van der Waals surface area contributed by atoms with Gasteiger partial charge in [0.15, 0.2) is 0 Å². The number of rotatable bonds is 8. The van der Waals surface area contributed by atoms with Gasteiger partial charge in [-0.2, -0.15) is 0 Å². The van der Waals surface area contributed by atoms with Gasteiger partial charge in [-0.25, -0.2) is 0 Å². The largest absolute Gasteiger partial charge is 0.392 e. The quantitative estimate of drug-likeness (QED) is 0.370. The highest BCUT2D eigenvalue weighted by Gasteiger charge is 2.21. The normalized spacial score (nSPS) is 16.9. The number of nitrogens with zero attached hydrogens (tertiary/aromatic N) is 1. The molecule has 0 spiro atoms. The lowest BCUT2D eigenvalue weighted by molar-refractivity contribution is 0.0910. The third kappa shape index (κ3) is 11.7. The molecule has 0 radical (unpaired) electrons. The Morgan fingerprint density at radius 3 is 2.23 bits per heavy atom. The fraction of sp³-hybridized carbons (Fsp3) is 0.467. The van der Waals surface area contributed by atoms with Crippen molar-refractivity contribution >= 4 is 23.2 Å². The minimum absolute atomic E-state index is 0.253. The van der Waals surface area contributed by atoms with Crippen LogP contribution in [0.3, 0.4) is 0 Å². The molecule has 1 aliphatic heterocycles. The van der Waals surface area contributed by atoms with E-state index in [4.69, 9.17) is 23.2 Å². The summed E-state index contributed by atoms with van der Waals surface area (Å²) in [6, 6.07) is 22.5. The third-order valence-electron chi connectivity index (χ3n) is 6.07. The molecule has 0 saturated carbocycles. The zero-order valence-electron chi connectivity index (χ0n) is 21.1. The first-order valence-electron chi connectivity index (χ1n) is 12.9. The zero-order valence-corrected chi connectivity index (χ0v) is 22.7. The van der Waals surface area contributed by atoms with Crippen molar-refractivity contribution < 1.29 is 5.11 Å². The van der Waals surface area contributed by atoms with Gasteiger partial charge in [0, 0.05) is 13.1 Å². The molecule has 0 amide bonds. The highest BCUT2D eigenvalue weighted by Crippen LogP contribution is 2.27. The zero-order chi connectivity index (χ0) is 25.3. The van der Waals surface area contributed by atoms with E-state index >= 15 is 0 Å². The molecule has 1 heterocycles. The standard InChI is InChI=1S/C22H28N2O.C6H6Cl2.C2H6/c25-22(11-14-23-17-19-7-3-1-4-8-19)18-24-15-12-21(13-16-24)20-9-5-2-6-10-20;7-5-3-1-2-4-6(5)8;1-2/h2-3,5-10,21-23,25H,11-18H2;3-4H,1-2H2;1-2H3. The number of halogens is 2. The van der Waals surface area contributed by atoms with E-state index < -0.39 is 0 Å². The van der Waals surface area contributed by atoms with Crippen LogP contribution in [-0.4, -0.2) is 42.3 Å². The molecule has 0 bridgehead atoms. The maximum absolute atomic E-state index is 10.3. The number of benzene rings is 1. The van der Waals surface area contributed by atoms with Crippen LogP contribution in [-0.2, 0) is 6.54 Å². The molecular weight excluding hydrogens is 475 g/mol. The summed E-state index contributed by atoms with van der Waals surface area (Å²) in [5.74, 6) is 0.677. The molecule has 1 fully saturated rings. The van der Waals surface area contributed by atoms with Crippen molar-refractivity contribution in [1.29, 1.82) is 0 Å². The van der Waals surface area contributed by atoms with E-state index in [0.717, 1.165) is 52.0 Å². The third-order valence-corrected chi connectivity index (χ3v) is 6.89. The number of aliphatic hydroxyl groups excluding tert-OH is 1. The van der Waals surface area contributed by atoms with Crippen molar-refractivity contribution in [3.05, 3.63) is 94.0 Å². The molecule has 2 aromatic rings. The molecule has 0 aromatic heterocycles. The van der Waals surface area contributed by atoms with Crippen molar-refractivity contribution in [3.8, 4) is 0 Å². The summed E-state index contributed by atoms with van der Waals surface area (Å²) >= 11 is 11.3. The van der Waals surface area contributed by atoms with E-state index in [0.29, 0.717) is 16.0 Å². The molecule has 2 N–H and O–H groups in total. The van der Waals surface area contributed by atoms with Gasteiger partial charge in [0.1, 0.15) is 0 Å². The van der Waals surface area contributed by atoms with Gasteiger partial charge in [-0.15, -0.1) is 0 Å². The molecule has 2 aliphatic rings. The van der Waals surface area contributed by atoms with Crippen LogP contribution in [0.1, 0.15) is 63.0 Å². The van der Waals surface area contributed by atoms with Crippen LogP contribution in [0.25, 0.3) is 0 Å². The fourth-order valence-corrected chi connectivity index (χ4v) is 4.54. The molecule has 35 heavy (non-hydrogen) atoms. The SMILES string of the molecule is CC.ClC1=CCCC=C1Cl.OC(CCNCc1cc#ccc1)CN1CCC(c2ccccc2)CC1. The first-order valence-corrected chi connectivity index (χ1v) is 13.6. The molecule has 1 aliphatic carbocycles. The second-order valence-electron chi connectivity index (χ2n) is 8.63. The average Bonchev–Trinajstić information content (AvgIpc) is 2.91. The van der Waals surface area contributed by atoms with E-state index in [1.165, 1.54) is 24.0 Å². The van der Waals surface area contributed by atoms with Gasteiger partial charge < -0.3 is 15.3 Å². The van der Waals surface area contributed by atoms with Crippen LogP contribution in [0, 0.1) is 12.1 Å². The van der Waals surface area contributed by atoms with Gasteiger partial charge in [-0.05, 0) is 87.0 Å². The molecule has 3 nitrogen and oxygen atoms in total. The lowest BCUT2D eigenvalue weighted by Crippen LogP contribution is -2.39. The van der Waals surface area contributed by atoms with E-state index in [2.05, 4.69) is 52.7 Å². The summed E-state index contributed by atoms with van der Waals surface area (Å²) in [5.41, 5.74) is 2.67. The smallest absolute Gasteiger partial charge is 0.0679 e. The number of hydrogen-bond acceptors (Lipinski definition) is 3. The number of nitrogens with one attached hydrogen (secondary N) is 1. The first-order chi connectivity index (χ1) is 17.1. The summed E-state index contributed by atoms with van der Waals surface area (Å²) in [6.45, 7) is 8.61. The molecule has 5 heteroatoms. The van der Waals surface area contributed by atoms with E-state index in [-0.39, 0.29) is 6.10 Å². The fourth-order valence-electron chi connectivity index (χ4n) is 4.17. The van der Waals surface area contributed by atoms with Crippen molar-refractivity contribution in [1.82, 2.24) is 10.2 Å². The Balaban J connectivity index is 0.000000363. The second kappa shape index (κ2) is 17.6. The Labute approximate surface area is 222 Å². The van der Waals surface area contributed by atoms with Crippen molar-refractivity contribution in [2.75, 3.05) is 26.2 Å². The lowest BCUT2D eigenvalue weighted by atomic mass is 9.89. The van der Waals surface area contributed by atoms with Gasteiger partial charge in [0.25, 0.3) is 0 Å². The number of β-amino-alcohol motifs (C(OH)–C–C–N with tert-alkyl or cyclic N) is 1. The summed E-state index contributed by atoms with van der Waals surface area (Å²) < 4.78 is 0. The van der Waals surface area contributed by atoms with Crippen molar-refractivity contribution in [2.45, 2.75) is 64.5 Å². The summed E-state index contributed by atoms with van der Waals surface area (Å²) in [4.78, 5) is 2.41. The second-order valence-corrected chi connectivity index (χ2v) is 9.44. The minimum atomic E-state index is -0.253. The molecule has 1 saturated heterocycles. The minimum Gasteiger partial charge on any atom is -0.392 e. The van der Waals surface area contributed by atoms with Gasteiger partial charge in [-0.3, -0.25) is 0 Å². The Morgan fingerprint density at radius 2 is 1.66 bits per heavy atom. The van der Waals surface area contributed by atoms with Crippen LogP contribution >= 0.6 is 23.2 Å². The molecule has 1 atom stereocenters. The highest BCUT2D eigenvalue weighted by atomic mass is 35.5. The number of likely N-dealkylation sites (tertiary alicyclic amines) is 1. The number of hydrogen-bond donors (Lipinski definition) is 2. The number of piperidine rings is 1. The monoisotopic (exact) mass is 514 g/mol. The van der Waals surface area contributed by atoms with Gasteiger partial charge in [0.2, 0.25) is 0 Å². The molecule has 2 aromatic carbocycles. The van der Waals surface area contributed by atoms with Crippen LogP contribution in [0.5, 0.6) is 0 Å². The summed E-state index contributed by atoms with van der Waals surface area (Å²) in [5, 5.41) is 15.1. The highest BCUT2D eigenvalue weighted by molar-refractivity contribution is 6.44. The van der Waals surface area contributed by atoms with Crippen LogP contribution < -0.4 is 5.32 Å². The molecule has 1 unspecified atom stereocenters.